The maximum atomic E-state index is 7.95. The normalized spacial score (nSPS) is 11.1. The van der Waals surface area contributed by atoms with Crippen LogP contribution in [0.2, 0.25) is 0 Å². The van der Waals surface area contributed by atoms with Gasteiger partial charge in [-0.1, -0.05) is 168 Å². The number of hydrogen-bond donors (Lipinski definition) is 4. The van der Waals surface area contributed by atoms with Crippen molar-refractivity contribution in [2.24, 2.45) is 11.5 Å². The van der Waals surface area contributed by atoms with Crippen LogP contribution in [0.15, 0.2) is 36.4 Å². The molecule has 0 amide bonds. The van der Waals surface area contributed by atoms with Crippen LogP contribution < -0.4 is 30.4 Å². The van der Waals surface area contributed by atoms with Crippen LogP contribution in [0.4, 0.5) is 0 Å². The molecule has 0 heterocycles. The predicted molar refractivity (Wildman–Crippen MR) is 242 cm³/mol. The van der Waals surface area contributed by atoms with Crippen LogP contribution in [0.5, 0.6) is 23.0 Å². The lowest BCUT2D eigenvalue weighted by Crippen LogP contribution is -2.12. The van der Waals surface area contributed by atoms with E-state index in [4.69, 9.17) is 41.2 Å². The Morgan fingerprint density at radius 2 is 0.526 bits per heavy atom. The molecule has 57 heavy (non-hydrogen) atoms. The summed E-state index contributed by atoms with van der Waals surface area (Å²) >= 11 is 0. The van der Waals surface area contributed by atoms with Crippen LogP contribution in [-0.2, 0) is 0 Å². The average Bonchev–Trinajstić information content (AvgIpc) is 3.20. The first-order valence-electron chi connectivity index (χ1n) is 23.4. The Bertz CT molecular complexity index is 1200. The second-order valence-electron chi connectivity index (χ2n) is 16.2. The van der Waals surface area contributed by atoms with Gasteiger partial charge in [0.1, 0.15) is 34.7 Å². The molecule has 0 spiro atoms. The van der Waals surface area contributed by atoms with Gasteiger partial charge in [0, 0.05) is 23.3 Å². The van der Waals surface area contributed by atoms with Crippen molar-refractivity contribution in [3.8, 4) is 23.0 Å². The smallest absolute Gasteiger partial charge is 0.123 e. The minimum absolute atomic E-state index is 0.00500. The van der Waals surface area contributed by atoms with Gasteiger partial charge in [-0.25, -0.2) is 0 Å². The van der Waals surface area contributed by atoms with Gasteiger partial charge in [0.25, 0.3) is 0 Å². The zero-order valence-corrected chi connectivity index (χ0v) is 36.6. The molecule has 0 atom stereocenters. The summed E-state index contributed by atoms with van der Waals surface area (Å²) in [4.78, 5) is 0. The molecule has 0 unspecified atom stereocenters. The van der Waals surface area contributed by atoms with Crippen LogP contribution >= 0.6 is 0 Å². The average molecular weight is 793 g/mol. The molecule has 8 heteroatoms. The highest BCUT2D eigenvalue weighted by atomic mass is 16.5. The molecule has 0 saturated carbocycles. The first-order valence-corrected chi connectivity index (χ1v) is 23.4. The van der Waals surface area contributed by atoms with Gasteiger partial charge in [-0.15, -0.1) is 0 Å². The van der Waals surface area contributed by atoms with E-state index >= 15 is 0 Å². The van der Waals surface area contributed by atoms with Crippen molar-refractivity contribution in [1.82, 2.24) is 0 Å². The molecule has 324 valence electrons. The molecular formula is C49H84N4O4. The minimum Gasteiger partial charge on any atom is -0.493 e. The lowest BCUT2D eigenvalue weighted by atomic mass is 10.0. The monoisotopic (exact) mass is 793 g/mol. The van der Waals surface area contributed by atoms with Crippen molar-refractivity contribution in [2.75, 3.05) is 26.4 Å². The second kappa shape index (κ2) is 34.6. The molecule has 0 aliphatic heterocycles. The number of amidine groups is 2. The van der Waals surface area contributed by atoms with Gasteiger partial charge < -0.3 is 30.4 Å². The summed E-state index contributed by atoms with van der Waals surface area (Å²) in [6.45, 7) is 6.96. The van der Waals surface area contributed by atoms with Crippen LogP contribution in [0.3, 0.4) is 0 Å². The van der Waals surface area contributed by atoms with E-state index in [0.29, 0.717) is 60.6 Å². The number of benzene rings is 2. The molecule has 0 fully saturated rings. The van der Waals surface area contributed by atoms with E-state index in [-0.39, 0.29) is 11.7 Å². The van der Waals surface area contributed by atoms with Gasteiger partial charge in [-0.05, 0) is 56.4 Å². The molecule has 6 N–H and O–H groups in total. The largest absolute Gasteiger partial charge is 0.493 e. The van der Waals surface area contributed by atoms with Crippen LogP contribution in [0.1, 0.15) is 211 Å². The number of rotatable bonds is 40. The molecule has 0 aromatic heterocycles. The predicted octanol–water partition coefficient (Wildman–Crippen LogP) is 13.8. The maximum Gasteiger partial charge on any atom is 0.123 e. The molecule has 2 aromatic carbocycles. The molecule has 2 rings (SSSR count). The molecular weight excluding hydrogens is 709 g/mol. The Kier molecular flexibility index (Phi) is 30.2. The number of unbranched alkanes of at least 4 members (excludes halogenated alkanes) is 26. The van der Waals surface area contributed by atoms with Gasteiger partial charge >= 0.3 is 0 Å². The van der Waals surface area contributed by atoms with E-state index in [2.05, 4.69) is 13.8 Å². The highest BCUT2D eigenvalue weighted by molar-refractivity contribution is 5.96. The quantitative estimate of drug-likeness (QED) is 0.0301. The Morgan fingerprint density at radius 1 is 0.333 bits per heavy atom. The van der Waals surface area contributed by atoms with Crippen molar-refractivity contribution in [3.63, 3.8) is 0 Å². The maximum absolute atomic E-state index is 7.95. The van der Waals surface area contributed by atoms with E-state index in [1.54, 1.807) is 0 Å². The molecule has 2 aromatic rings. The zero-order chi connectivity index (χ0) is 41.0. The fourth-order valence-corrected chi connectivity index (χ4v) is 7.17. The summed E-state index contributed by atoms with van der Waals surface area (Å²) in [5, 5.41) is 15.9. The first-order chi connectivity index (χ1) is 27.9. The highest BCUT2D eigenvalue weighted by Crippen LogP contribution is 2.26. The van der Waals surface area contributed by atoms with E-state index in [1.165, 1.54) is 154 Å². The lowest BCUT2D eigenvalue weighted by Gasteiger charge is -2.13. The molecule has 0 radical (unpaired) electrons. The molecule has 0 saturated heterocycles. The number of nitrogens with two attached hydrogens (primary N) is 2. The Balaban J connectivity index is 1.58. The fourth-order valence-electron chi connectivity index (χ4n) is 7.17. The second-order valence-corrected chi connectivity index (χ2v) is 16.2. The molecule has 0 aliphatic carbocycles. The third-order valence-electron chi connectivity index (χ3n) is 10.7. The van der Waals surface area contributed by atoms with E-state index in [0.717, 1.165) is 32.1 Å². The standard InChI is InChI=1S/C49H84N4O4/c1-3-5-7-9-11-13-15-17-19-21-23-25-28-32-54-44-36-42(48(50)51)38-46(40-44)56-34-30-27-31-35-57-47-39-43(49(52)53)37-45(41-47)55-33-29-26-24-22-20-18-16-14-12-10-8-6-4-2/h36-41H,3-35H2,1-2H3,(H3,50,51)(H3,52,53). The Hall–Kier alpha value is -3.42. The first kappa shape index (κ1) is 49.7. The van der Waals surface area contributed by atoms with Gasteiger partial charge in [-0.2, -0.15) is 0 Å². The van der Waals surface area contributed by atoms with Crippen LogP contribution in [0, 0.1) is 10.8 Å². The summed E-state index contributed by atoms with van der Waals surface area (Å²) in [5.41, 5.74) is 12.9. The van der Waals surface area contributed by atoms with E-state index < -0.39 is 0 Å². The third-order valence-corrected chi connectivity index (χ3v) is 10.7. The summed E-state index contributed by atoms with van der Waals surface area (Å²) in [7, 11) is 0. The number of ether oxygens (including phenoxy) is 4. The Labute approximate surface area is 348 Å². The SMILES string of the molecule is CCCCCCCCCCCCCCCOc1cc(OCCCCCOc2cc(OCCCCCCCCCCCCCCC)cc(C(=N)N)c2)cc(C(=N)N)c1. The number of hydrogen-bond acceptors (Lipinski definition) is 6. The fraction of sp³-hybridized carbons (Fsp3) is 0.714. The number of nitrogen functional groups attached to an aromatic ring is 2. The van der Waals surface area contributed by atoms with Crippen molar-refractivity contribution in [3.05, 3.63) is 47.5 Å². The van der Waals surface area contributed by atoms with Crippen molar-refractivity contribution >= 4 is 11.7 Å². The number of nitrogens with one attached hydrogen (secondary N) is 2. The van der Waals surface area contributed by atoms with Crippen molar-refractivity contribution in [1.29, 1.82) is 10.8 Å². The highest BCUT2D eigenvalue weighted by Gasteiger charge is 2.08. The third kappa shape index (κ3) is 27.0. The Morgan fingerprint density at radius 3 is 0.737 bits per heavy atom. The van der Waals surface area contributed by atoms with Crippen molar-refractivity contribution in [2.45, 2.75) is 200 Å². The van der Waals surface area contributed by atoms with Gasteiger partial charge in [-0.3, -0.25) is 10.8 Å². The zero-order valence-electron chi connectivity index (χ0n) is 36.6. The lowest BCUT2D eigenvalue weighted by molar-refractivity contribution is 0.273. The van der Waals surface area contributed by atoms with E-state index in [9.17, 15) is 0 Å². The molecule has 8 nitrogen and oxygen atoms in total. The van der Waals surface area contributed by atoms with Crippen LogP contribution in [0.25, 0.3) is 0 Å². The molecule has 0 bridgehead atoms. The summed E-state index contributed by atoms with van der Waals surface area (Å²) in [5.74, 6) is 2.75. The summed E-state index contributed by atoms with van der Waals surface area (Å²) < 4.78 is 24.2. The minimum atomic E-state index is 0.00500. The van der Waals surface area contributed by atoms with Gasteiger partial charge in [0.2, 0.25) is 0 Å². The van der Waals surface area contributed by atoms with E-state index in [1.807, 2.05) is 36.4 Å². The molecule has 0 aliphatic rings. The van der Waals surface area contributed by atoms with Crippen LogP contribution in [-0.4, -0.2) is 38.1 Å². The van der Waals surface area contributed by atoms with Gasteiger partial charge in [0.05, 0.1) is 26.4 Å². The van der Waals surface area contributed by atoms with Crippen molar-refractivity contribution < 1.29 is 18.9 Å². The van der Waals surface area contributed by atoms with Gasteiger partial charge in [0.15, 0.2) is 0 Å². The summed E-state index contributed by atoms with van der Waals surface area (Å²) in [6, 6.07) is 11.1. The summed E-state index contributed by atoms with van der Waals surface area (Å²) in [6.07, 6.45) is 37.0. The topological polar surface area (TPSA) is 137 Å².